The predicted molar refractivity (Wildman–Crippen MR) is 197 cm³/mol. The lowest BCUT2D eigenvalue weighted by atomic mass is 9.76. The third kappa shape index (κ3) is 7.09. The number of carbonyl (C=O) groups excluding carboxylic acids is 3. The number of nitrogens with one attached hydrogen (secondary N) is 2. The van der Waals surface area contributed by atoms with E-state index in [-0.39, 0.29) is 17.8 Å². The Morgan fingerprint density at radius 2 is 1.40 bits per heavy atom. The number of likely N-dealkylation sites (tertiary alicyclic amines) is 2. The summed E-state index contributed by atoms with van der Waals surface area (Å²) in [5, 5.41) is 6.05. The molecule has 2 aromatic carbocycles. The van der Waals surface area contributed by atoms with Crippen LogP contribution in [0, 0.1) is 11.3 Å². The van der Waals surface area contributed by atoms with Crippen molar-refractivity contribution in [1.82, 2.24) is 25.3 Å². The Morgan fingerprint density at radius 3 is 2.02 bits per heavy atom. The average Bonchev–Trinajstić information content (AvgIpc) is 3.49. The van der Waals surface area contributed by atoms with Gasteiger partial charge in [0.05, 0.1) is 0 Å². The Hall–Kier alpha value is -3.67. The minimum Gasteiger partial charge on any atom is -0.371 e. The van der Waals surface area contributed by atoms with E-state index in [1.54, 1.807) is 4.90 Å². The highest BCUT2D eigenvalue weighted by Gasteiger charge is 2.40. The maximum atomic E-state index is 13.4. The highest BCUT2D eigenvalue weighted by Crippen LogP contribution is 2.40. The lowest BCUT2D eigenvalue weighted by molar-refractivity contribution is -0.120. The fourth-order valence-corrected chi connectivity index (χ4v) is 9.41. The van der Waals surface area contributed by atoms with Crippen LogP contribution in [0.25, 0.3) is 0 Å². The van der Waals surface area contributed by atoms with Crippen molar-refractivity contribution < 1.29 is 14.4 Å². The summed E-state index contributed by atoms with van der Waals surface area (Å²) in [5.41, 5.74) is 4.57. The average molecular weight is 683 g/mol. The molecule has 2 N–H and O–H groups in total. The number of piperazine rings is 1. The molecule has 8 rings (SSSR count). The van der Waals surface area contributed by atoms with Crippen molar-refractivity contribution >= 4 is 34.9 Å². The third-order valence-corrected chi connectivity index (χ3v) is 12.6. The Morgan fingerprint density at radius 1 is 0.780 bits per heavy atom. The Labute approximate surface area is 296 Å². The highest BCUT2D eigenvalue weighted by molar-refractivity contribution is 6.05. The second-order valence-corrected chi connectivity index (χ2v) is 15.9. The molecule has 11 heteroatoms. The van der Waals surface area contributed by atoms with Crippen molar-refractivity contribution in [2.75, 3.05) is 99.8 Å². The summed E-state index contributed by atoms with van der Waals surface area (Å²) in [7, 11) is 0. The summed E-state index contributed by atoms with van der Waals surface area (Å²) in [4.78, 5) is 50.9. The van der Waals surface area contributed by atoms with Gasteiger partial charge in [0, 0.05) is 126 Å². The van der Waals surface area contributed by atoms with E-state index < -0.39 is 0 Å². The summed E-state index contributed by atoms with van der Waals surface area (Å²) in [5.74, 6) is 0.642. The molecule has 268 valence electrons. The summed E-state index contributed by atoms with van der Waals surface area (Å²) in [6.07, 6.45) is 6.32. The van der Waals surface area contributed by atoms with Crippen LogP contribution in [0.15, 0.2) is 48.5 Å². The van der Waals surface area contributed by atoms with Crippen LogP contribution < -0.4 is 25.3 Å². The highest BCUT2D eigenvalue weighted by atomic mass is 16.2. The second kappa shape index (κ2) is 14.2. The Bertz CT molecular complexity index is 1520. The van der Waals surface area contributed by atoms with Gasteiger partial charge < -0.3 is 20.0 Å². The van der Waals surface area contributed by atoms with E-state index in [1.807, 2.05) is 24.3 Å². The molecule has 0 saturated carbocycles. The van der Waals surface area contributed by atoms with Crippen molar-refractivity contribution in [3.05, 3.63) is 54.1 Å². The van der Waals surface area contributed by atoms with Gasteiger partial charge in [-0.2, -0.15) is 0 Å². The van der Waals surface area contributed by atoms with E-state index in [1.165, 1.54) is 30.6 Å². The number of anilines is 3. The fraction of sp³-hybridized carbons (Fsp3) is 0.615. The van der Waals surface area contributed by atoms with Crippen LogP contribution in [0.4, 0.5) is 21.9 Å². The number of carbonyl (C=O) groups is 3. The quantitative estimate of drug-likeness (QED) is 0.459. The number of benzene rings is 2. The molecule has 6 fully saturated rings. The number of piperidine rings is 2. The van der Waals surface area contributed by atoms with Gasteiger partial charge in [-0.15, -0.1) is 0 Å². The van der Waals surface area contributed by atoms with Gasteiger partial charge in [-0.3, -0.25) is 29.6 Å². The van der Waals surface area contributed by atoms with Crippen LogP contribution in [0.3, 0.4) is 0 Å². The molecule has 6 heterocycles. The topological polar surface area (TPSA) is 94.7 Å². The van der Waals surface area contributed by atoms with Crippen molar-refractivity contribution in [2.45, 2.75) is 57.5 Å². The van der Waals surface area contributed by atoms with Gasteiger partial charge >= 0.3 is 6.03 Å². The minimum atomic E-state index is -0.341. The van der Waals surface area contributed by atoms with E-state index in [9.17, 15) is 14.4 Å². The summed E-state index contributed by atoms with van der Waals surface area (Å²) in [6, 6.07) is 17.5. The van der Waals surface area contributed by atoms with Crippen LogP contribution in [0.5, 0.6) is 0 Å². The molecule has 1 unspecified atom stereocenters. The second-order valence-electron chi connectivity index (χ2n) is 15.9. The SMILES string of the molecule is CC1CC2(CCN(c3ccc(C(=O)N4CCC(CN5CC(N6CCN(c7ccc(N8CCC(=O)NC8=O)cc7)CC6)C5)CC4)cc3)CC2)CN1. The van der Waals surface area contributed by atoms with Gasteiger partial charge in [0.25, 0.3) is 5.91 Å². The van der Waals surface area contributed by atoms with Gasteiger partial charge in [0.2, 0.25) is 5.91 Å². The number of hydrogen-bond donors (Lipinski definition) is 2. The molecule has 0 bridgehead atoms. The number of rotatable bonds is 7. The van der Waals surface area contributed by atoms with Crippen molar-refractivity contribution in [1.29, 1.82) is 0 Å². The van der Waals surface area contributed by atoms with E-state index in [0.29, 0.717) is 36.4 Å². The molecule has 4 amide bonds. The van der Waals surface area contributed by atoms with Gasteiger partial charge in [-0.05, 0) is 98.9 Å². The Kier molecular flexibility index (Phi) is 9.48. The van der Waals surface area contributed by atoms with Crippen LogP contribution in [0.2, 0.25) is 0 Å². The zero-order valence-corrected chi connectivity index (χ0v) is 29.7. The fourth-order valence-electron chi connectivity index (χ4n) is 9.41. The molecule has 0 radical (unpaired) electrons. The van der Waals surface area contributed by atoms with Crippen LogP contribution in [0.1, 0.15) is 55.8 Å². The minimum absolute atomic E-state index is 0.185. The number of nitrogens with zero attached hydrogens (tertiary/aromatic N) is 6. The molecule has 0 aromatic heterocycles. The first-order valence-electron chi connectivity index (χ1n) is 19.1. The van der Waals surface area contributed by atoms with Crippen LogP contribution in [-0.4, -0.2) is 130 Å². The van der Waals surface area contributed by atoms with E-state index in [4.69, 9.17) is 0 Å². The molecular formula is C39H54N8O3. The molecule has 1 atom stereocenters. The lowest BCUT2D eigenvalue weighted by Gasteiger charge is -2.49. The maximum Gasteiger partial charge on any atom is 0.328 e. The Balaban J connectivity index is 0.727. The zero-order valence-electron chi connectivity index (χ0n) is 29.7. The largest absolute Gasteiger partial charge is 0.371 e. The standard InChI is InChI=1S/C39H54N8O3/c1-29-24-39(28-40-29)13-18-43(19-14-39)32-4-2-31(3-5-32)37(49)46-15-10-30(11-16-46)25-42-26-35(27-42)45-22-20-44(21-23-45)33-6-8-34(9-7-33)47-17-12-36(48)41-38(47)50/h2-9,29-30,35,40H,10-28H2,1H3,(H,41,48,50). The number of urea groups is 1. The number of hydrogen-bond acceptors (Lipinski definition) is 8. The molecule has 6 saturated heterocycles. The summed E-state index contributed by atoms with van der Waals surface area (Å²) in [6.45, 7) is 15.4. The number of imide groups is 1. The molecule has 0 aliphatic carbocycles. The van der Waals surface area contributed by atoms with Gasteiger partial charge in [-0.1, -0.05) is 0 Å². The third-order valence-electron chi connectivity index (χ3n) is 12.6. The molecular weight excluding hydrogens is 628 g/mol. The van der Waals surface area contributed by atoms with Crippen molar-refractivity contribution in [3.63, 3.8) is 0 Å². The van der Waals surface area contributed by atoms with Crippen molar-refractivity contribution in [2.24, 2.45) is 11.3 Å². The monoisotopic (exact) mass is 682 g/mol. The zero-order chi connectivity index (χ0) is 34.2. The van der Waals surface area contributed by atoms with E-state index in [2.05, 4.69) is 66.3 Å². The maximum absolute atomic E-state index is 13.4. The number of amides is 4. The first kappa shape index (κ1) is 33.5. The van der Waals surface area contributed by atoms with E-state index >= 15 is 0 Å². The molecule has 6 aliphatic heterocycles. The summed E-state index contributed by atoms with van der Waals surface area (Å²) < 4.78 is 0. The predicted octanol–water partition coefficient (Wildman–Crippen LogP) is 3.46. The van der Waals surface area contributed by atoms with Gasteiger partial charge in [0.15, 0.2) is 0 Å². The van der Waals surface area contributed by atoms with Gasteiger partial charge in [0.1, 0.15) is 0 Å². The van der Waals surface area contributed by atoms with E-state index in [0.717, 1.165) is 103 Å². The lowest BCUT2D eigenvalue weighted by Crippen LogP contribution is -2.63. The first-order valence-corrected chi connectivity index (χ1v) is 19.1. The molecule has 1 spiro atoms. The van der Waals surface area contributed by atoms with Gasteiger partial charge in [-0.25, -0.2) is 4.79 Å². The molecule has 2 aromatic rings. The molecule has 50 heavy (non-hydrogen) atoms. The molecule has 11 nitrogen and oxygen atoms in total. The smallest absolute Gasteiger partial charge is 0.328 e. The molecule has 6 aliphatic rings. The van der Waals surface area contributed by atoms with Crippen LogP contribution >= 0.6 is 0 Å². The van der Waals surface area contributed by atoms with Crippen LogP contribution in [-0.2, 0) is 4.79 Å². The normalized spacial score (nSPS) is 25.7. The summed E-state index contributed by atoms with van der Waals surface area (Å²) >= 11 is 0. The van der Waals surface area contributed by atoms with Crippen molar-refractivity contribution in [3.8, 4) is 0 Å². The first-order chi connectivity index (χ1) is 24.3.